The fraction of sp³-hybridized carbons (Fsp3) is 0.667. The molecule has 4 aliphatic rings. The van der Waals surface area contributed by atoms with E-state index in [0.717, 1.165) is 18.3 Å². The minimum Gasteiger partial charge on any atom is -0.431 e. The highest BCUT2D eigenvalue weighted by Gasteiger charge is 2.72. The smallest absolute Gasteiger partial charge is 0.335 e. The molecule has 3 fully saturated rings. The van der Waals surface area contributed by atoms with Gasteiger partial charge in [-0.05, 0) is 62.0 Å². The first-order chi connectivity index (χ1) is 14.2. The van der Waals surface area contributed by atoms with Crippen molar-refractivity contribution < 1.29 is 24.5 Å². The van der Waals surface area contributed by atoms with Gasteiger partial charge in [0.15, 0.2) is 0 Å². The van der Waals surface area contributed by atoms with Gasteiger partial charge < -0.3 is 24.5 Å². The van der Waals surface area contributed by atoms with Gasteiger partial charge in [-0.1, -0.05) is 19.1 Å². The molecule has 6 heteroatoms. The first-order valence-corrected chi connectivity index (χ1v) is 11.1. The van der Waals surface area contributed by atoms with Crippen LogP contribution in [0.15, 0.2) is 39.8 Å². The van der Waals surface area contributed by atoms with Crippen molar-refractivity contribution in [2.24, 2.45) is 22.7 Å². The van der Waals surface area contributed by atoms with Crippen LogP contribution in [0.3, 0.4) is 0 Å². The topological polar surface area (TPSA) is 108 Å². The number of rotatable bonds is 2. The molecule has 162 valence electrons. The first kappa shape index (κ1) is 20.2. The van der Waals surface area contributed by atoms with Gasteiger partial charge in [0, 0.05) is 23.8 Å². The van der Waals surface area contributed by atoms with Crippen LogP contribution in [0.25, 0.3) is 0 Å². The third kappa shape index (κ3) is 2.30. The summed E-state index contributed by atoms with van der Waals surface area (Å²) in [4.78, 5) is 23.9. The van der Waals surface area contributed by atoms with E-state index in [2.05, 4.69) is 0 Å². The number of hydrogen-bond donors (Lipinski definition) is 3. The van der Waals surface area contributed by atoms with E-state index in [1.54, 1.807) is 12.1 Å². The highest BCUT2D eigenvalue weighted by Crippen LogP contribution is 2.70. The van der Waals surface area contributed by atoms with E-state index in [0.29, 0.717) is 32.1 Å². The molecule has 0 unspecified atom stereocenters. The first-order valence-electron chi connectivity index (χ1n) is 11.1. The number of aliphatic hydroxyl groups excluding tert-OH is 1. The fourth-order valence-electron chi connectivity index (χ4n) is 7.91. The number of carbonyl (C=O) groups excluding carboxylic acids is 1. The lowest BCUT2D eigenvalue weighted by atomic mass is 9.42. The van der Waals surface area contributed by atoms with Crippen molar-refractivity contribution in [1.29, 1.82) is 0 Å². The van der Waals surface area contributed by atoms with Gasteiger partial charge in [-0.2, -0.15) is 0 Å². The third-order valence-electron chi connectivity index (χ3n) is 9.37. The molecule has 3 saturated carbocycles. The van der Waals surface area contributed by atoms with Gasteiger partial charge in [0.25, 0.3) is 0 Å². The maximum atomic E-state index is 12.5. The maximum Gasteiger partial charge on any atom is 0.335 e. The highest BCUT2D eigenvalue weighted by atomic mass is 16.4. The Morgan fingerprint density at radius 3 is 2.60 bits per heavy atom. The molecule has 0 aromatic carbocycles. The molecule has 5 rings (SSSR count). The van der Waals surface area contributed by atoms with Gasteiger partial charge in [0.2, 0.25) is 0 Å². The molecule has 6 nitrogen and oxygen atoms in total. The Hall–Kier alpha value is -1.76. The Bertz CT molecular complexity index is 933. The lowest BCUT2D eigenvalue weighted by Crippen LogP contribution is -2.67. The van der Waals surface area contributed by atoms with Crippen LogP contribution in [-0.4, -0.2) is 38.9 Å². The summed E-state index contributed by atoms with van der Waals surface area (Å²) in [7, 11) is 0. The second-order valence-electron chi connectivity index (χ2n) is 10.3. The lowest BCUT2D eigenvalue weighted by molar-refractivity contribution is -0.222. The molecular weight excluding hydrogens is 384 g/mol. The summed E-state index contributed by atoms with van der Waals surface area (Å²) < 4.78 is 5.07. The largest absolute Gasteiger partial charge is 0.431 e. The molecular formula is C24H30O6. The van der Waals surface area contributed by atoms with Crippen molar-refractivity contribution in [1.82, 2.24) is 0 Å². The molecule has 0 amide bonds. The molecule has 1 heterocycles. The average Bonchev–Trinajstić information content (AvgIpc) is 2.93. The molecule has 30 heavy (non-hydrogen) atoms. The van der Waals surface area contributed by atoms with Gasteiger partial charge in [0.05, 0.1) is 29.0 Å². The summed E-state index contributed by atoms with van der Waals surface area (Å²) in [6.45, 7) is 2.02. The van der Waals surface area contributed by atoms with Crippen LogP contribution >= 0.6 is 0 Å². The summed E-state index contributed by atoms with van der Waals surface area (Å²) in [6, 6.07) is 3.03. The zero-order chi connectivity index (χ0) is 21.4. The van der Waals surface area contributed by atoms with Crippen LogP contribution in [0.4, 0.5) is 0 Å². The molecule has 0 saturated heterocycles. The number of allylic oxidation sites excluding steroid dienone is 1. The molecule has 0 aliphatic heterocycles. The van der Waals surface area contributed by atoms with Crippen LogP contribution in [-0.2, 0) is 4.79 Å². The van der Waals surface area contributed by atoms with Gasteiger partial charge in [-0.25, -0.2) is 4.79 Å². The fourth-order valence-corrected chi connectivity index (χ4v) is 7.91. The van der Waals surface area contributed by atoms with Crippen LogP contribution in [0.2, 0.25) is 0 Å². The van der Waals surface area contributed by atoms with Crippen LogP contribution in [0.5, 0.6) is 0 Å². The summed E-state index contributed by atoms with van der Waals surface area (Å²) >= 11 is 0. The maximum absolute atomic E-state index is 12.5. The van der Waals surface area contributed by atoms with Crippen molar-refractivity contribution in [2.45, 2.75) is 75.1 Å². The minimum absolute atomic E-state index is 0.128. The second-order valence-corrected chi connectivity index (χ2v) is 10.3. The highest BCUT2D eigenvalue weighted by molar-refractivity contribution is 5.65. The van der Waals surface area contributed by atoms with E-state index in [4.69, 9.17) is 4.42 Å². The van der Waals surface area contributed by atoms with Crippen molar-refractivity contribution >= 4 is 6.29 Å². The Kier molecular flexibility index (Phi) is 4.28. The molecule has 1 aromatic heterocycles. The van der Waals surface area contributed by atoms with Crippen LogP contribution in [0.1, 0.15) is 63.4 Å². The zero-order valence-electron chi connectivity index (χ0n) is 17.3. The van der Waals surface area contributed by atoms with Gasteiger partial charge >= 0.3 is 5.63 Å². The SMILES string of the molecule is C[C@]12CC[C@H]3[C@@H](CC[C@@]4(O)C=CCC[C@]34C=O)[C@]1(O)C[C@@H](O)[C@H]2c1ccc(=O)oc1. The van der Waals surface area contributed by atoms with Crippen molar-refractivity contribution in [3.8, 4) is 0 Å². The van der Waals surface area contributed by atoms with Crippen LogP contribution in [0, 0.1) is 22.7 Å². The molecule has 8 atom stereocenters. The number of hydrogen-bond acceptors (Lipinski definition) is 6. The summed E-state index contributed by atoms with van der Waals surface area (Å²) in [5.74, 6) is -0.660. The molecule has 0 bridgehead atoms. The Balaban J connectivity index is 1.58. The van der Waals surface area contributed by atoms with Gasteiger partial charge in [0.1, 0.15) is 6.29 Å². The normalized spacial score (nSPS) is 49.7. The summed E-state index contributed by atoms with van der Waals surface area (Å²) in [5, 5.41) is 34.6. The summed E-state index contributed by atoms with van der Waals surface area (Å²) in [6.07, 6.45) is 9.27. The second kappa shape index (κ2) is 6.38. The average molecular weight is 414 g/mol. The molecule has 0 spiro atoms. The Morgan fingerprint density at radius 1 is 1.13 bits per heavy atom. The van der Waals surface area contributed by atoms with E-state index in [-0.39, 0.29) is 24.2 Å². The predicted octanol–water partition coefficient (Wildman–Crippen LogP) is 2.31. The van der Waals surface area contributed by atoms with Crippen molar-refractivity contribution in [2.75, 3.05) is 0 Å². The van der Waals surface area contributed by atoms with Gasteiger partial charge in [-0.15, -0.1) is 0 Å². The third-order valence-corrected chi connectivity index (χ3v) is 9.37. The van der Waals surface area contributed by atoms with E-state index < -0.39 is 33.8 Å². The Morgan fingerprint density at radius 2 is 1.90 bits per heavy atom. The molecule has 0 radical (unpaired) electrons. The minimum atomic E-state index is -1.16. The summed E-state index contributed by atoms with van der Waals surface area (Å²) in [5.41, 5.74) is -3.54. The standard InChI is InChI=1S/C24H30O6/c1-21-10-6-16-17(7-11-23(28)9-3-2-8-22(16,23)14-25)24(21,29)12-18(26)20(21)15-4-5-19(27)30-13-15/h3-5,9,13-14,16-18,20,26,28-29H,2,6-8,10-12H2,1H3/t16-,17+,18+,20+,21+,22-,23-,24+/m0/s1. The van der Waals surface area contributed by atoms with Gasteiger partial charge in [-0.3, -0.25) is 0 Å². The molecule has 4 aliphatic carbocycles. The Labute approximate surface area is 175 Å². The van der Waals surface area contributed by atoms with Crippen molar-refractivity contribution in [3.05, 3.63) is 46.5 Å². The van der Waals surface area contributed by atoms with E-state index >= 15 is 0 Å². The number of fused-ring (bicyclic) bond motifs is 5. The monoisotopic (exact) mass is 414 g/mol. The zero-order valence-corrected chi connectivity index (χ0v) is 17.3. The lowest BCUT2D eigenvalue weighted by Gasteiger charge is -2.63. The van der Waals surface area contributed by atoms with E-state index in [9.17, 15) is 24.9 Å². The van der Waals surface area contributed by atoms with Crippen molar-refractivity contribution in [3.63, 3.8) is 0 Å². The van der Waals surface area contributed by atoms with E-state index in [1.807, 2.05) is 13.0 Å². The predicted molar refractivity (Wildman–Crippen MR) is 109 cm³/mol. The number of aldehydes is 1. The van der Waals surface area contributed by atoms with Crippen LogP contribution < -0.4 is 5.63 Å². The molecule has 3 N–H and O–H groups in total. The number of aliphatic hydroxyl groups is 3. The van der Waals surface area contributed by atoms with E-state index in [1.165, 1.54) is 12.3 Å². The number of carbonyl (C=O) groups is 1. The molecule has 1 aromatic rings. The quantitative estimate of drug-likeness (QED) is 0.506.